The molecule has 1 saturated heterocycles. The Hall–Kier alpha value is -4.14. The maximum Gasteiger partial charge on any atom is 0.346 e. The fraction of sp³-hybridized carbons (Fsp3) is 0.160. The standard InChI is InChI=1S/C25H18F3N5O2S/c1-13-6-19(28)20(9-14(13)2-3-15-11-36-24-22(15)23(29)30-12-31-24)32-25(34)33-21(4-5-35-33)16-7-17(26)10-18(27)8-16/h6-12,21H,4-5H2,1H3,(H,32,34)(H2,29,30,31)/t21-/m1/s1. The van der Waals surface area contributed by atoms with Crippen molar-refractivity contribution >= 4 is 39.1 Å². The Morgan fingerprint density at radius 3 is 2.67 bits per heavy atom. The van der Waals surface area contributed by atoms with Crippen LogP contribution in [0.1, 0.15) is 34.7 Å². The van der Waals surface area contributed by atoms with Crippen LogP contribution in [-0.4, -0.2) is 27.7 Å². The first kappa shape index (κ1) is 23.6. The number of amides is 2. The Kier molecular flexibility index (Phi) is 6.22. The third kappa shape index (κ3) is 4.56. The Morgan fingerprint density at radius 1 is 1.14 bits per heavy atom. The Morgan fingerprint density at radius 2 is 1.89 bits per heavy atom. The predicted molar refractivity (Wildman–Crippen MR) is 129 cm³/mol. The number of nitrogens with one attached hydrogen (secondary N) is 1. The van der Waals surface area contributed by atoms with E-state index in [1.165, 1.54) is 29.8 Å². The quantitative estimate of drug-likeness (QED) is 0.357. The molecule has 0 bridgehead atoms. The van der Waals surface area contributed by atoms with Gasteiger partial charge < -0.3 is 11.1 Å². The number of urea groups is 1. The molecule has 3 heterocycles. The van der Waals surface area contributed by atoms with Gasteiger partial charge >= 0.3 is 6.03 Å². The summed E-state index contributed by atoms with van der Waals surface area (Å²) >= 11 is 1.38. The molecule has 0 unspecified atom stereocenters. The number of thiophene rings is 1. The summed E-state index contributed by atoms with van der Waals surface area (Å²) in [7, 11) is 0. The van der Waals surface area contributed by atoms with E-state index < -0.39 is 29.5 Å². The molecule has 2 amide bonds. The Labute approximate surface area is 207 Å². The highest BCUT2D eigenvalue weighted by molar-refractivity contribution is 7.17. The van der Waals surface area contributed by atoms with Crippen molar-refractivity contribution in [2.75, 3.05) is 17.7 Å². The number of nitrogens with zero attached hydrogens (tertiary/aromatic N) is 3. The average Bonchev–Trinajstić information content (AvgIpc) is 3.48. The van der Waals surface area contributed by atoms with E-state index in [-0.39, 0.29) is 17.9 Å². The SMILES string of the molecule is Cc1cc(F)c(NC(=O)N2OCC[C@@H]2c2cc(F)cc(F)c2)cc1C#Cc1csc2ncnc(N)c12. The normalized spacial score (nSPS) is 15.1. The molecular weight excluding hydrogens is 491 g/mol. The third-order valence-corrected chi connectivity index (χ3v) is 6.55. The summed E-state index contributed by atoms with van der Waals surface area (Å²) in [5.41, 5.74) is 7.76. The first-order chi connectivity index (χ1) is 17.3. The second-order valence-corrected chi connectivity index (χ2v) is 8.94. The molecule has 4 aromatic rings. The molecule has 0 radical (unpaired) electrons. The van der Waals surface area contributed by atoms with Crippen LogP contribution in [0.3, 0.4) is 0 Å². The lowest BCUT2D eigenvalue weighted by Gasteiger charge is -2.23. The van der Waals surface area contributed by atoms with Crippen molar-refractivity contribution in [3.8, 4) is 11.8 Å². The van der Waals surface area contributed by atoms with Crippen LogP contribution < -0.4 is 11.1 Å². The molecule has 0 saturated carbocycles. The van der Waals surface area contributed by atoms with Gasteiger partial charge in [0.05, 0.1) is 23.7 Å². The zero-order valence-corrected chi connectivity index (χ0v) is 19.6. The number of hydrogen-bond acceptors (Lipinski definition) is 6. The van der Waals surface area contributed by atoms with Gasteiger partial charge in [-0.1, -0.05) is 11.8 Å². The van der Waals surface area contributed by atoms with Gasteiger partial charge in [-0.25, -0.2) is 27.9 Å². The molecule has 7 nitrogen and oxygen atoms in total. The second-order valence-electron chi connectivity index (χ2n) is 8.08. The minimum absolute atomic E-state index is 0.118. The van der Waals surface area contributed by atoms with Gasteiger partial charge in [-0.15, -0.1) is 11.3 Å². The molecule has 2 aromatic carbocycles. The number of halogens is 3. The van der Waals surface area contributed by atoms with Crippen molar-refractivity contribution in [3.63, 3.8) is 0 Å². The van der Waals surface area contributed by atoms with Crippen LogP contribution in [0.25, 0.3) is 10.2 Å². The molecule has 3 N–H and O–H groups in total. The van der Waals surface area contributed by atoms with Gasteiger partial charge in [0.1, 0.15) is 34.4 Å². The first-order valence-corrected chi connectivity index (χ1v) is 11.7. The number of carbonyl (C=O) groups excluding carboxylic acids is 1. The van der Waals surface area contributed by atoms with Gasteiger partial charge in [-0.05, 0) is 42.3 Å². The summed E-state index contributed by atoms with van der Waals surface area (Å²) in [6.07, 6.45) is 1.70. The smallest absolute Gasteiger partial charge is 0.346 e. The number of carbonyl (C=O) groups is 1. The van der Waals surface area contributed by atoms with E-state index in [0.29, 0.717) is 39.1 Å². The van der Waals surface area contributed by atoms with Gasteiger partial charge in [-0.2, -0.15) is 5.06 Å². The topological polar surface area (TPSA) is 93.4 Å². The van der Waals surface area contributed by atoms with E-state index >= 15 is 0 Å². The summed E-state index contributed by atoms with van der Waals surface area (Å²) in [5, 5.41) is 5.89. The molecule has 2 aromatic heterocycles. The molecule has 1 aliphatic heterocycles. The van der Waals surface area contributed by atoms with Crippen molar-refractivity contribution in [1.82, 2.24) is 15.0 Å². The number of aromatic nitrogens is 2. The summed E-state index contributed by atoms with van der Waals surface area (Å²) in [6, 6.07) is 4.17. The molecule has 11 heteroatoms. The maximum absolute atomic E-state index is 14.7. The minimum atomic E-state index is -0.780. The van der Waals surface area contributed by atoms with Crippen LogP contribution in [0.4, 0.5) is 29.5 Å². The number of hydrogen-bond donors (Lipinski definition) is 2. The summed E-state index contributed by atoms with van der Waals surface area (Å²) in [4.78, 5) is 27.2. The van der Waals surface area contributed by atoms with E-state index in [2.05, 4.69) is 27.1 Å². The number of nitrogens with two attached hydrogens (primary N) is 1. The highest BCUT2D eigenvalue weighted by Gasteiger charge is 2.33. The molecule has 5 rings (SSSR count). The molecule has 1 fully saturated rings. The van der Waals surface area contributed by atoms with E-state index in [4.69, 9.17) is 10.6 Å². The Balaban J connectivity index is 1.41. The average molecular weight is 510 g/mol. The monoisotopic (exact) mass is 509 g/mol. The van der Waals surface area contributed by atoms with Crippen molar-refractivity contribution in [2.45, 2.75) is 19.4 Å². The lowest BCUT2D eigenvalue weighted by atomic mass is 10.0. The van der Waals surface area contributed by atoms with Crippen LogP contribution in [0.5, 0.6) is 0 Å². The highest BCUT2D eigenvalue weighted by Crippen LogP contribution is 2.32. The number of anilines is 2. The van der Waals surface area contributed by atoms with Gasteiger partial charge in [0.15, 0.2) is 0 Å². The molecule has 182 valence electrons. The van der Waals surface area contributed by atoms with Crippen molar-refractivity contribution in [3.05, 3.63) is 81.7 Å². The summed E-state index contributed by atoms with van der Waals surface area (Å²) in [6.45, 7) is 1.85. The fourth-order valence-corrected chi connectivity index (χ4v) is 4.78. The van der Waals surface area contributed by atoms with Crippen LogP contribution in [0.2, 0.25) is 0 Å². The zero-order chi connectivity index (χ0) is 25.4. The van der Waals surface area contributed by atoms with Crippen LogP contribution in [0, 0.1) is 36.2 Å². The van der Waals surface area contributed by atoms with Crippen molar-refractivity contribution in [2.24, 2.45) is 0 Å². The number of hydroxylamine groups is 2. The van der Waals surface area contributed by atoms with Crippen LogP contribution in [0.15, 0.2) is 42.0 Å². The lowest BCUT2D eigenvalue weighted by molar-refractivity contribution is -0.0830. The number of rotatable bonds is 2. The number of fused-ring (bicyclic) bond motifs is 1. The van der Waals surface area contributed by atoms with Gasteiger partial charge in [0.2, 0.25) is 0 Å². The van der Waals surface area contributed by atoms with Gasteiger partial charge in [0.25, 0.3) is 0 Å². The molecule has 0 spiro atoms. The van der Waals surface area contributed by atoms with E-state index in [1.54, 1.807) is 6.92 Å². The number of nitrogen functional groups attached to an aromatic ring is 1. The molecule has 1 aliphatic rings. The lowest BCUT2D eigenvalue weighted by Crippen LogP contribution is -2.34. The maximum atomic E-state index is 14.7. The molecule has 1 atom stereocenters. The predicted octanol–water partition coefficient (Wildman–Crippen LogP) is 5.31. The molecular formula is C25H18F3N5O2S. The first-order valence-electron chi connectivity index (χ1n) is 10.8. The fourth-order valence-electron chi connectivity index (χ4n) is 3.94. The Bertz CT molecular complexity index is 1540. The highest BCUT2D eigenvalue weighted by atomic mass is 32.1. The molecule has 0 aliphatic carbocycles. The van der Waals surface area contributed by atoms with E-state index in [0.717, 1.165) is 23.3 Å². The second kappa shape index (κ2) is 9.49. The van der Waals surface area contributed by atoms with Crippen molar-refractivity contribution < 1.29 is 22.8 Å². The zero-order valence-electron chi connectivity index (χ0n) is 18.8. The van der Waals surface area contributed by atoms with Gasteiger partial charge in [-0.3, -0.25) is 4.84 Å². The number of benzene rings is 2. The van der Waals surface area contributed by atoms with Crippen LogP contribution >= 0.6 is 11.3 Å². The number of aryl methyl sites for hydroxylation is 1. The summed E-state index contributed by atoms with van der Waals surface area (Å²) in [5.74, 6) is 4.12. The van der Waals surface area contributed by atoms with E-state index in [9.17, 15) is 18.0 Å². The summed E-state index contributed by atoms with van der Waals surface area (Å²) < 4.78 is 42.1. The van der Waals surface area contributed by atoms with Gasteiger partial charge in [0, 0.05) is 29.0 Å². The third-order valence-electron chi connectivity index (χ3n) is 5.66. The largest absolute Gasteiger partial charge is 0.383 e. The van der Waals surface area contributed by atoms with E-state index in [1.807, 2.05) is 5.38 Å². The van der Waals surface area contributed by atoms with Crippen LogP contribution in [-0.2, 0) is 4.84 Å². The minimum Gasteiger partial charge on any atom is -0.383 e. The van der Waals surface area contributed by atoms with Crippen molar-refractivity contribution in [1.29, 1.82) is 0 Å². The molecule has 36 heavy (non-hydrogen) atoms.